The van der Waals surface area contributed by atoms with Crippen LogP contribution in [0.25, 0.3) is 0 Å². The van der Waals surface area contributed by atoms with E-state index in [0.29, 0.717) is 29.8 Å². The van der Waals surface area contributed by atoms with Crippen molar-refractivity contribution >= 4 is 17.8 Å². The summed E-state index contributed by atoms with van der Waals surface area (Å²) in [5.41, 5.74) is 1.05. The molecule has 2 amide bonds. The van der Waals surface area contributed by atoms with E-state index in [0.717, 1.165) is 6.42 Å². The average Bonchev–Trinajstić information content (AvgIpc) is 3.12. The zero-order chi connectivity index (χ0) is 18.1. The number of rotatable bonds is 4. The molecule has 7 heteroatoms. The van der Waals surface area contributed by atoms with Crippen LogP contribution in [-0.4, -0.2) is 60.4 Å². The first-order chi connectivity index (χ1) is 12.0. The summed E-state index contributed by atoms with van der Waals surface area (Å²) >= 11 is 0. The van der Waals surface area contributed by atoms with E-state index in [1.54, 1.807) is 34.9 Å². The Balaban J connectivity index is 1.91. The minimum atomic E-state index is -0.534. The molecule has 134 valence electrons. The molecule has 0 spiro atoms. The van der Waals surface area contributed by atoms with E-state index in [9.17, 15) is 14.4 Å². The van der Waals surface area contributed by atoms with Gasteiger partial charge >= 0.3 is 5.97 Å². The third kappa shape index (κ3) is 2.94. The third-order valence-corrected chi connectivity index (χ3v) is 4.97. The molecule has 25 heavy (non-hydrogen) atoms. The van der Waals surface area contributed by atoms with Gasteiger partial charge in [0.05, 0.1) is 26.3 Å². The molecule has 0 bridgehead atoms. The van der Waals surface area contributed by atoms with Gasteiger partial charge < -0.3 is 19.3 Å². The fourth-order valence-corrected chi connectivity index (χ4v) is 3.59. The molecule has 0 aliphatic carbocycles. The number of ether oxygens (including phenoxy) is 2. The zero-order valence-corrected chi connectivity index (χ0v) is 14.7. The molecule has 0 aromatic heterocycles. The number of carbonyl (C=O) groups excluding carboxylic acids is 3. The Kier molecular flexibility index (Phi) is 4.65. The average molecular weight is 346 g/mol. The van der Waals surface area contributed by atoms with Crippen LogP contribution in [-0.2, 0) is 20.9 Å². The second kappa shape index (κ2) is 6.74. The van der Waals surface area contributed by atoms with Gasteiger partial charge in [0, 0.05) is 12.1 Å². The SMILES string of the molecule is COC(=O)c1ccc(OC)c(CN2C(=O)[C@H]3CCCN3C(=O)[C@@H]2C)c1. The quantitative estimate of drug-likeness (QED) is 0.766. The second-order valence-corrected chi connectivity index (χ2v) is 6.35. The van der Waals surface area contributed by atoms with Crippen molar-refractivity contribution in [1.82, 2.24) is 9.80 Å². The largest absolute Gasteiger partial charge is 0.496 e. The summed E-state index contributed by atoms with van der Waals surface area (Å²) in [4.78, 5) is 40.4. The van der Waals surface area contributed by atoms with E-state index in [1.807, 2.05) is 0 Å². The molecule has 3 rings (SSSR count). The Morgan fingerprint density at radius 3 is 2.68 bits per heavy atom. The molecular weight excluding hydrogens is 324 g/mol. The van der Waals surface area contributed by atoms with E-state index < -0.39 is 12.0 Å². The topological polar surface area (TPSA) is 76.2 Å². The predicted molar refractivity (Wildman–Crippen MR) is 89.1 cm³/mol. The summed E-state index contributed by atoms with van der Waals surface area (Å²) in [6, 6.07) is 4.03. The molecule has 0 radical (unpaired) electrons. The van der Waals surface area contributed by atoms with Gasteiger partial charge in [-0.15, -0.1) is 0 Å². The van der Waals surface area contributed by atoms with Crippen LogP contribution in [0.4, 0.5) is 0 Å². The van der Waals surface area contributed by atoms with Gasteiger partial charge in [0.1, 0.15) is 17.8 Å². The fourth-order valence-electron chi connectivity index (χ4n) is 3.59. The minimum absolute atomic E-state index is 0.0230. The molecule has 2 fully saturated rings. The van der Waals surface area contributed by atoms with E-state index in [-0.39, 0.29) is 24.4 Å². The van der Waals surface area contributed by atoms with Crippen LogP contribution in [0.15, 0.2) is 18.2 Å². The number of carbonyl (C=O) groups is 3. The van der Waals surface area contributed by atoms with Gasteiger partial charge in [0.2, 0.25) is 11.8 Å². The van der Waals surface area contributed by atoms with Gasteiger partial charge in [-0.2, -0.15) is 0 Å². The first-order valence-corrected chi connectivity index (χ1v) is 8.34. The van der Waals surface area contributed by atoms with Crippen LogP contribution in [0.2, 0.25) is 0 Å². The molecule has 2 heterocycles. The smallest absolute Gasteiger partial charge is 0.337 e. The van der Waals surface area contributed by atoms with Crippen molar-refractivity contribution in [2.24, 2.45) is 0 Å². The number of amides is 2. The molecule has 2 atom stereocenters. The van der Waals surface area contributed by atoms with E-state index in [1.165, 1.54) is 14.2 Å². The highest BCUT2D eigenvalue weighted by Gasteiger charge is 2.45. The molecule has 7 nitrogen and oxygen atoms in total. The maximum absolute atomic E-state index is 12.8. The van der Waals surface area contributed by atoms with Crippen molar-refractivity contribution in [3.63, 3.8) is 0 Å². The Morgan fingerprint density at radius 2 is 2.00 bits per heavy atom. The minimum Gasteiger partial charge on any atom is -0.496 e. The van der Waals surface area contributed by atoms with Crippen LogP contribution in [0.1, 0.15) is 35.7 Å². The van der Waals surface area contributed by atoms with E-state index in [2.05, 4.69) is 0 Å². The van der Waals surface area contributed by atoms with Crippen LogP contribution in [0.5, 0.6) is 5.75 Å². The van der Waals surface area contributed by atoms with Crippen LogP contribution in [0, 0.1) is 0 Å². The van der Waals surface area contributed by atoms with Crippen molar-refractivity contribution in [2.45, 2.75) is 38.4 Å². The first kappa shape index (κ1) is 17.3. The lowest BCUT2D eigenvalue weighted by atomic mass is 10.0. The third-order valence-electron chi connectivity index (χ3n) is 4.97. The van der Waals surface area contributed by atoms with Gasteiger partial charge in [0.25, 0.3) is 0 Å². The van der Waals surface area contributed by atoms with Crippen LogP contribution < -0.4 is 4.74 Å². The highest BCUT2D eigenvalue weighted by Crippen LogP contribution is 2.30. The summed E-state index contributed by atoms with van der Waals surface area (Å²) in [6.07, 6.45) is 1.55. The molecule has 2 saturated heterocycles. The van der Waals surface area contributed by atoms with E-state index >= 15 is 0 Å². The number of nitrogens with zero attached hydrogens (tertiary/aromatic N) is 2. The van der Waals surface area contributed by atoms with Gasteiger partial charge in [0.15, 0.2) is 0 Å². The van der Waals surface area contributed by atoms with Crippen LogP contribution in [0.3, 0.4) is 0 Å². The summed E-state index contributed by atoms with van der Waals surface area (Å²) < 4.78 is 10.1. The lowest BCUT2D eigenvalue weighted by Crippen LogP contribution is -2.61. The zero-order valence-electron chi connectivity index (χ0n) is 14.7. The highest BCUT2D eigenvalue weighted by molar-refractivity contribution is 5.97. The monoisotopic (exact) mass is 346 g/mol. The van der Waals surface area contributed by atoms with Crippen LogP contribution >= 0.6 is 0 Å². The Morgan fingerprint density at radius 1 is 1.24 bits per heavy atom. The number of piperazine rings is 1. The number of hydrogen-bond donors (Lipinski definition) is 0. The van der Waals surface area contributed by atoms with Crippen molar-refractivity contribution in [3.05, 3.63) is 29.3 Å². The molecular formula is C18H22N2O5. The highest BCUT2D eigenvalue weighted by atomic mass is 16.5. The fraction of sp³-hybridized carbons (Fsp3) is 0.500. The van der Waals surface area contributed by atoms with Crippen molar-refractivity contribution in [3.8, 4) is 5.75 Å². The molecule has 0 N–H and O–H groups in total. The summed E-state index contributed by atoms with van der Waals surface area (Å²) in [7, 11) is 2.85. The summed E-state index contributed by atoms with van der Waals surface area (Å²) in [6.45, 7) is 2.60. The molecule has 2 aliphatic heterocycles. The first-order valence-electron chi connectivity index (χ1n) is 8.34. The summed E-state index contributed by atoms with van der Waals surface area (Å²) in [5, 5.41) is 0. The van der Waals surface area contributed by atoms with Gasteiger partial charge in [-0.3, -0.25) is 9.59 Å². The number of hydrogen-bond acceptors (Lipinski definition) is 5. The maximum atomic E-state index is 12.8. The van der Waals surface area contributed by atoms with Crippen molar-refractivity contribution < 1.29 is 23.9 Å². The lowest BCUT2D eigenvalue weighted by molar-refractivity contribution is -0.159. The normalized spacial score (nSPS) is 22.8. The van der Waals surface area contributed by atoms with Gasteiger partial charge in [-0.05, 0) is 38.0 Å². The Hall–Kier alpha value is -2.57. The standard InChI is InChI=1S/C18H22N2O5/c1-11-16(21)19-8-4-5-14(19)17(22)20(11)10-13-9-12(18(23)25-3)6-7-15(13)24-2/h6-7,9,11,14H,4-5,8,10H2,1-3H3/t11-,14+/m0/s1. The van der Waals surface area contributed by atoms with Crippen molar-refractivity contribution in [2.75, 3.05) is 20.8 Å². The number of benzene rings is 1. The Bertz CT molecular complexity index is 717. The predicted octanol–water partition coefficient (Wildman–Crippen LogP) is 1.20. The number of fused-ring (bicyclic) bond motifs is 1. The number of esters is 1. The van der Waals surface area contributed by atoms with Gasteiger partial charge in [-0.1, -0.05) is 0 Å². The Labute approximate surface area is 146 Å². The molecule has 2 aliphatic rings. The summed E-state index contributed by atoms with van der Waals surface area (Å²) in [5.74, 6) is 0.0363. The molecule has 0 unspecified atom stereocenters. The molecule has 1 aromatic carbocycles. The van der Waals surface area contributed by atoms with Gasteiger partial charge in [-0.25, -0.2) is 4.79 Å². The van der Waals surface area contributed by atoms with Crippen molar-refractivity contribution in [1.29, 1.82) is 0 Å². The number of methoxy groups -OCH3 is 2. The molecule has 0 saturated carbocycles. The lowest BCUT2D eigenvalue weighted by Gasteiger charge is -2.41. The molecule has 1 aromatic rings. The maximum Gasteiger partial charge on any atom is 0.337 e. The second-order valence-electron chi connectivity index (χ2n) is 6.35. The van der Waals surface area contributed by atoms with E-state index in [4.69, 9.17) is 9.47 Å².